The summed E-state index contributed by atoms with van der Waals surface area (Å²) in [5.41, 5.74) is 0. The average molecular weight is 248 g/mol. The van der Waals surface area contributed by atoms with Crippen molar-refractivity contribution in [2.24, 2.45) is 0 Å². The second kappa shape index (κ2) is 5.63. The van der Waals surface area contributed by atoms with Gasteiger partial charge in [0, 0.05) is 25.6 Å². The third-order valence-electron chi connectivity index (χ3n) is 2.49. The molecule has 0 aromatic carbocycles. The SMILES string of the molecule is CC(C)NC(=O)CCN1CCCCS1(=O)=O. The number of hydrogen-bond donors (Lipinski definition) is 1. The number of nitrogens with zero attached hydrogens (tertiary/aromatic N) is 1. The molecule has 1 saturated heterocycles. The van der Waals surface area contributed by atoms with Crippen LogP contribution in [0.5, 0.6) is 0 Å². The van der Waals surface area contributed by atoms with E-state index in [1.165, 1.54) is 4.31 Å². The highest BCUT2D eigenvalue weighted by Gasteiger charge is 2.25. The van der Waals surface area contributed by atoms with Gasteiger partial charge in [-0.15, -0.1) is 0 Å². The molecule has 1 fully saturated rings. The van der Waals surface area contributed by atoms with Gasteiger partial charge in [0.1, 0.15) is 0 Å². The van der Waals surface area contributed by atoms with Crippen molar-refractivity contribution in [2.45, 2.75) is 39.2 Å². The minimum atomic E-state index is -3.09. The van der Waals surface area contributed by atoms with E-state index >= 15 is 0 Å². The molecular formula is C10H20N2O3S. The molecule has 94 valence electrons. The van der Waals surface area contributed by atoms with Crippen molar-refractivity contribution in [1.82, 2.24) is 9.62 Å². The first-order valence-electron chi connectivity index (χ1n) is 5.69. The molecule has 1 aliphatic heterocycles. The van der Waals surface area contributed by atoms with Crippen molar-refractivity contribution < 1.29 is 13.2 Å². The molecule has 6 heteroatoms. The molecule has 0 spiro atoms. The van der Waals surface area contributed by atoms with Crippen LogP contribution in [0.3, 0.4) is 0 Å². The zero-order valence-corrected chi connectivity index (χ0v) is 10.7. The van der Waals surface area contributed by atoms with E-state index in [0.717, 1.165) is 12.8 Å². The Bertz CT molecular complexity index is 338. The molecule has 1 amide bonds. The van der Waals surface area contributed by atoms with Gasteiger partial charge in [0.15, 0.2) is 0 Å². The van der Waals surface area contributed by atoms with Crippen molar-refractivity contribution in [1.29, 1.82) is 0 Å². The van der Waals surface area contributed by atoms with Crippen molar-refractivity contribution in [2.75, 3.05) is 18.8 Å². The Morgan fingerprint density at radius 1 is 1.38 bits per heavy atom. The summed E-state index contributed by atoms with van der Waals surface area (Å²) in [5, 5.41) is 2.75. The second-order valence-electron chi connectivity index (χ2n) is 4.39. The van der Waals surface area contributed by atoms with Crippen LogP contribution in [-0.2, 0) is 14.8 Å². The minimum Gasteiger partial charge on any atom is -0.354 e. The van der Waals surface area contributed by atoms with E-state index in [2.05, 4.69) is 5.32 Å². The monoisotopic (exact) mass is 248 g/mol. The molecule has 0 radical (unpaired) electrons. The second-order valence-corrected chi connectivity index (χ2v) is 6.48. The third-order valence-corrected chi connectivity index (χ3v) is 4.45. The zero-order valence-electron chi connectivity index (χ0n) is 9.90. The summed E-state index contributed by atoms with van der Waals surface area (Å²) in [7, 11) is -3.09. The largest absolute Gasteiger partial charge is 0.354 e. The van der Waals surface area contributed by atoms with Gasteiger partial charge in [-0.05, 0) is 26.7 Å². The topological polar surface area (TPSA) is 66.5 Å². The molecule has 16 heavy (non-hydrogen) atoms. The lowest BCUT2D eigenvalue weighted by Crippen LogP contribution is -2.40. The maximum atomic E-state index is 11.6. The summed E-state index contributed by atoms with van der Waals surface area (Å²) >= 11 is 0. The quantitative estimate of drug-likeness (QED) is 0.779. The molecule has 0 aromatic rings. The lowest BCUT2D eigenvalue weighted by molar-refractivity contribution is -0.121. The molecule has 0 saturated carbocycles. The lowest BCUT2D eigenvalue weighted by Gasteiger charge is -2.25. The van der Waals surface area contributed by atoms with E-state index in [9.17, 15) is 13.2 Å². The van der Waals surface area contributed by atoms with E-state index in [0.29, 0.717) is 13.1 Å². The Balaban J connectivity index is 2.39. The van der Waals surface area contributed by atoms with E-state index in [4.69, 9.17) is 0 Å². The Labute approximate surface area is 97.2 Å². The van der Waals surface area contributed by atoms with Crippen molar-refractivity contribution in [3.05, 3.63) is 0 Å². The number of amides is 1. The molecule has 0 aliphatic carbocycles. The van der Waals surface area contributed by atoms with Gasteiger partial charge in [-0.25, -0.2) is 12.7 Å². The zero-order chi connectivity index (χ0) is 12.2. The summed E-state index contributed by atoms with van der Waals surface area (Å²) in [4.78, 5) is 11.4. The summed E-state index contributed by atoms with van der Waals surface area (Å²) in [5.74, 6) is 0.134. The number of carbonyl (C=O) groups is 1. The molecule has 0 aromatic heterocycles. The highest BCUT2D eigenvalue weighted by molar-refractivity contribution is 7.89. The predicted molar refractivity (Wildman–Crippen MR) is 62.5 cm³/mol. The van der Waals surface area contributed by atoms with Gasteiger partial charge in [-0.2, -0.15) is 0 Å². The fourth-order valence-electron chi connectivity index (χ4n) is 1.71. The van der Waals surface area contributed by atoms with Crippen LogP contribution < -0.4 is 5.32 Å². The number of sulfonamides is 1. The van der Waals surface area contributed by atoms with Crippen molar-refractivity contribution in [3.8, 4) is 0 Å². The summed E-state index contributed by atoms with van der Waals surface area (Å²) in [6, 6.07) is 0.102. The molecule has 1 N–H and O–H groups in total. The van der Waals surface area contributed by atoms with Crippen LogP contribution in [-0.4, -0.2) is 43.5 Å². The van der Waals surface area contributed by atoms with E-state index in [1.807, 2.05) is 13.8 Å². The van der Waals surface area contributed by atoms with Gasteiger partial charge < -0.3 is 5.32 Å². The standard InChI is InChI=1S/C10H20N2O3S/c1-9(2)11-10(13)5-7-12-6-3-4-8-16(12,14)15/h9H,3-8H2,1-2H3,(H,11,13). The fraction of sp³-hybridized carbons (Fsp3) is 0.900. The van der Waals surface area contributed by atoms with Crippen LogP contribution in [0, 0.1) is 0 Å². The van der Waals surface area contributed by atoms with Gasteiger partial charge in [-0.3, -0.25) is 4.79 Å². The predicted octanol–water partition coefficient (Wildman–Crippen LogP) is 0.327. The molecule has 1 rings (SSSR count). The van der Waals surface area contributed by atoms with Crippen LogP contribution in [0.1, 0.15) is 33.1 Å². The first-order chi connectivity index (χ1) is 7.42. The molecular weight excluding hydrogens is 228 g/mol. The van der Waals surface area contributed by atoms with Crippen LogP contribution in [0.4, 0.5) is 0 Å². The van der Waals surface area contributed by atoms with Gasteiger partial charge in [0.05, 0.1) is 5.75 Å². The summed E-state index contributed by atoms with van der Waals surface area (Å²) < 4.78 is 24.6. The van der Waals surface area contributed by atoms with Gasteiger partial charge in [0.25, 0.3) is 0 Å². The number of rotatable bonds is 4. The van der Waals surface area contributed by atoms with E-state index in [1.54, 1.807) is 0 Å². The Kier molecular flexibility index (Phi) is 4.73. The molecule has 1 aliphatic rings. The molecule has 5 nitrogen and oxygen atoms in total. The first kappa shape index (κ1) is 13.4. The fourth-order valence-corrected chi connectivity index (χ4v) is 3.32. The van der Waals surface area contributed by atoms with Gasteiger partial charge >= 0.3 is 0 Å². The van der Waals surface area contributed by atoms with E-state index < -0.39 is 10.0 Å². The molecule has 0 unspecified atom stereocenters. The number of nitrogens with one attached hydrogen (secondary N) is 1. The molecule has 0 bridgehead atoms. The van der Waals surface area contributed by atoms with Gasteiger partial charge in [0.2, 0.25) is 15.9 Å². The third kappa shape index (κ3) is 4.09. The maximum Gasteiger partial charge on any atom is 0.221 e. The van der Waals surface area contributed by atoms with Crippen LogP contribution in [0.15, 0.2) is 0 Å². The highest BCUT2D eigenvalue weighted by atomic mass is 32.2. The minimum absolute atomic E-state index is 0.0872. The summed E-state index contributed by atoms with van der Waals surface area (Å²) in [6.07, 6.45) is 1.87. The smallest absolute Gasteiger partial charge is 0.221 e. The number of carbonyl (C=O) groups excluding carboxylic acids is 1. The maximum absolute atomic E-state index is 11.6. The average Bonchev–Trinajstić information content (AvgIpc) is 2.14. The normalized spacial score (nSPS) is 20.9. The molecule has 1 heterocycles. The first-order valence-corrected chi connectivity index (χ1v) is 7.30. The Hall–Kier alpha value is -0.620. The van der Waals surface area contributed by atoms with Crippen molar-refractivity contribution in [3.63, 3.8) is 0 Å². The van der Waals surface area contributed by atoms with Crippen LogP contribution in [0.2, 0.25) is 0 Å². The lowest BCUT2D eigenvalue weighted by atomic mass is 10.3. The van der Waals surface area contributed by atoms with Crippen LogP contribution >= 0.6 is 0 Å². The summed E-state index contributed by atoms with van der Waals surface area (Å²) in [6.45, 7) is 4.63. The Morgan fingerprint density at radius 3 is 2.62 bits per heavy atom. The highest BCUT2D eigenvalue weighted by Crippen LogP contribution is 2.13. The van der Waals surface area contributed by atoms with Crippen LogP contribution in [0.25, 0.3) is 0 Å². The van der Waals surface area contributed by atoms with Crippen molar-refractivity contribution >= 4 is 15.9 Å². The number of hydrogen-bond acceptors (Lipinski definition) is 3. The molecule has 0 atom stereocenters. The van der Waals surface area contributed by atoms with E-state index in [-0.39, 0.29) is 24.1 Å². The Morgan fingerprint density at radius 2 is 2.06 bits per heavy atom. The van der Waals surface area contributed by atoms with Gasteiger partial charge in [-0.1, -0.05) is 0 Å².